The SMILES string of the molecule is N#CCC(O)(CC#N)CC#N. The Morgan fingerprint density at radius 2 is 1.18 bits per heavy atom. The first-order valence-electron chi connectivity index (χ1n) is 3.02. The van der Waals surface area contributed by atoms with Gasteiger partial charge in [-0.1, -0.05) is 0 Å². The van der Waals surface area contributed by atoms with Crippen molar-refractivity contribution >= 4 is 0 Å². The van der Waals surface area contributed by atoms with Gasteiger partial charge in [-0.2, -0.15) is 15.8 Å². The highest BCUT2D eigenvalue weighted by Crippen LogP contribution is 2.17. The molecule has 0 fully saturated rings. The Balaban J connectivity index is 4.20. The lowest BCUT2D eigenvalue weighted by Gasteiger charge is -2.17. The van der Waals surface area contributed by atoms with E-state index in [0.717, 1.165) is 0 Å². The second kappa shape index (κ2) is 4.28. The number of rotatable bonds is 3. The van der Waals surface area contributed by atoms with Crippen LogP contribution in [0.5, 0.6) is 0 Å². The molecule has 0 heterocycles. The molecule has 0 aromatic heterocycles. The van der Waals surface area contributed by atoms with Crippen molar-refractivity contribution in [1.29, 1.82) is 15.8 Å². The van der Waals surface area contributed by atoms with Crippen molar-refractivity contribution in [1.82, 2.24) is 0 Å². The Morgan fingerprint density at radius 3 is 1.36 bits per heavy atom. The number of aliphatic hydroxyl groups is 1. The summed E-state index contributed by atoms with van der Waals surface area (Å²) in [6, 6.07) is 5.18. The van der Waals surface area contributed by atoms with Gasteiger partial charge in [-0.25, -0.2) is 0 Å². The summed E-state index contributed by atoms with van der Waals surface area (Å²) in [4.78, 5) is 0. The highest BCUT2D eigenvalue weighted by Gasteiger charge is 2.25. The molecule has 0 saturated carbocycles. The van der Waals surface area contributed by atoms with E-state index < -0.39 is 5.60 Å². The van der Waals surface area contributed by atoms with Gasteiger partial charge in [-0.05, 0) is 0 Å². The summed E-state index contributed by atoms with van der Waals surface area (Å²) >= 11 is 0. The molecule has 0 unspecified atom stereocenters. The molecule has 0 saturated heterocycles. The molecule has 4 nitrogen and oxygen atoms in total. The van der Waals surface area contributed by atoms with Gasteiger partial charge in [0, 0.05) is 0 Å². The van der Waals surface area contributed by atoms with Crippen LogP contribution < -0.4 is 0 Å². The molecule has 11 heavy (non-hydrogen) atoms. The van der Waals surface area contributed by atoms with E-state index in [4.69, 9.17) is 15.8 Å². The summed E-state index contributed by atoms with van der Waals surface area (Å²) in [6.45, 7) is 0. The average Bonchev–Trinajstić information content (AvgIpc) is 1.88. The molecule has 0 aromatic carbocycles. The van der Waals surface area contributed by atoms with Crippen molar-refractivity contribution in [2.75, 3.05) is 0 Å². The summed E-state index contributed by atoms with van der Waals surface area (Å²) in [6.07, 6.45) is -0.517. The lowest BCUT2D eigenvalue weighted by Crippen LogP contribution is -2.26. The predicted octanol–water partition coefficient (Wildman–Crippen LogP) is 0.459. The third-order valence-electron chi connectivity index (χ3n) is 1.22. The Labute approximate surface area is 64.9 Å². The molecule has 0 aromatic rings. The molecule has 0 aliphatic carbocycles. The zero-order chi connectivity index (χ0) is 8.74. The molecule has 0 spiro atoms. The largest absolute Gasteiger partial charge is 0.387 e. The molecule has 4 heteroatoms. The fraction of sp³-hybridized carbons (Fsp3) is 0.571. The van der Waals surface area contributed by atoms with Crippen LogP contribution in [-0.2, 0) is 0 Å². The fourth-order valence-electron chi connectivity index (χ4n) is 0.629. The summed E-state index contributed by atoms with van der Waals surface area (Å²) < 4.78 is 0. The fourth-order valence-corrected chi connectivity index (χ4v) is 0.629. The standard InChI is InChI=1S/C7H7N3O/c8-4-1-7(11,2-5-9)3-6-10/h11H,1-3H2. The first kappa shape index (κ1) is 9.43. The van der Waals surface area contributed by atoms with Gasteiger partial charge in [-0.15, -0.1) is 0 Å². The van der Waals surface area contributed by atoms with Gasteiger partial charge < -0.3 is 5.11 Å². The first-order valence-corrected chi connectivity index (χ1v) is 3.02. The van der Waals surface area contributed by atoms with E-state index >= 15 is 0 Å². The van der Waals surface area contributed by atoms with E-state index in [9.17, 15) is 5.11 Å². The molecule has 0 atom stereocenters. The molecule has 1 N–H and O–H groups in total. The maximum Gasteiger partial charge on any atom is 0.103 e. The molecule has 56 valence electrons. The molecule has 0 bridgehead atoms. The van der Waals surface area contributed by atoms with E-state index in [1.807, 2.05) is 0 Å². The van der Waals surface area contributed by atoms with Crippen LogP contribution in [0.1, 0.15) is 19.3 Å². The van der Waals surface area contributed by atoms with Crippen molar-refractivity contribution in [2.24, 2.45) is 0 Å². The van der Waals surface area contributed by atoms with E-state index in [0.29, 0.717) is 0 Å². The van der Waals surface area contributed by atoms with Crippen molar-refractivity contribution in [2.45, 2.75) is 24.9 Å². The number of nitrogens with zero attached hydrogens (tertiary/aromatic N) is 3. The lowest BCUT2D eigenvalue weighted by atomic mass is 9.94. The zero-order valence-corrected chi connectivity index (χ0v) is 5.91. The highest BCUT2D eigenvalue weighted by molar-refractivity contribution is 4.99. The second-order valence-corrected chi connectivity index (χ2v) is 2.23. The monoisotopic (exact) mass is 149 g/mol. The topological polar surface area (TPSA) is 91.6 Å². The molecule has 0 aliphatic heterocycles. The minimum atomic E-state index is -1.43. The van der Waals surface area contributed by atoms with E-state index in [-0.39, 0.29) is 19.3 Å². The van der Waals surface area contributed by atoms with Crippen LogP contribution in [0, 0.1) is 34.0 Å². The van der Waals surface area contributed by atoms with Crippen LogP contribution in [0.2, 0.25) is 0 Å². The molecule has 0 rings (SSSR count). The zero-order valence-electron chi connectivity index (χ0n) is 5.91. The van der Waals surface area contributed by atoms with Crippen LogP contribution in [-0.4, -0.2) is 10.7 Å². The third-order valence-corrected chi connectivity index (χ3v) is 1.22. The summed E-state index contributed by atoms with van der Waals surface area (Å²) in [5, 5.41) is 34.0. The normalized spacial score (nSPS) is 9.27. The van der Waals surface area contributed by atoms with Crippen molar-refractivity contribution in [3.8, 4) is 18.2 Å². The molecular weight excluding hydrogens is 142 g/mol. The van der Waals surface area contributed by atoms with E-state index in [1.165, 1.54) is 0 Å². The highest BCUT2D eigenvalue weighted by atomic mass is 16.3. The number of nitriles is 3. The van der Waals surface area contributed by atoms with Crippen molar-refractivity contribution < 1.29 is 5.11 Å². The van der Waals surface area contributed by atoms with Gasteiger partial charge in [0.2, 0.25) is 0 Å². The van der Waals surface area contributed by atoms with Crippen molar-refractivity contribution in [3.05, 3.63) is 0 Å². The minimum Gasteiger partial charge on any atom is -0.387 e. The molecule has 0 aliphatic rings. The quantitative estimate of drug-likeness (QED) is 0.630. The van der Waals surface area contributed by atoms with E-state index in [1.54, 1.807) is 18.2 Å². The molecule has 0 amide bonds. The van der Waals surface area contributed by atoms with Gasteiger partial charge in [-0.3, -0.25) is 0 Å². The molecule has 0 radical (unpaired) electrons. The minimum absolute atomic E-state index is 0.172. The van der Waals surface area contributed by atoms with Gasteiger partial charge in [0.15, 0.2) is 0 Å². The van der Waals surface area contributed by atoms with Gasteiger partial charge in [0.25, 0.3) is 0 Å². The van der Waals surface area contributed by atoms with Crippen LogP contribution in [0.15, 0.2) is 0 Å². The van der Waals surface area contributed by atoms with Gasteiger partial charge in [0.05, 0.1) is 37.5 Å². The van der Waals surface area contributed by atoms with Crippen LogP contribution in [0.4, 0.5) is 0 Å². The maximum absolute atomic E-state index is 9.34. The Bertz CT molecular complexity index is 199. The summed E-state index contributed by atoms with van der Waals surface area (Å²) in [5.74, 6) is 0. The van der Waals surface area contributed by atoms with Gasteiger partial charge >= 0.3 is 0 Å². The van der Waals surface area contributed by atoms with Gasteiger partial charge in [0.1, 0.15) is 5.60 Å². The summed E-state index contributed by atoms with van der Waals surface area (Å²) in [5.41, 5.74) is -1.43. The van der Waals surface area contributed by atoms with Crippen LogP contribution in [0.3, 0.4) is 0 Å². The smallest absolute Gasteiger partial charge is 0.103 e. The number of hydrogen-bond acceptors (Lipinski definition) is 4. The molecular formula is C7H7N3O. The van der Waals surface area contributed by atoms with Crippen LogP contribution >= 0.6 is 0 Å². The second-order valence-electron chi connectivity index (χ2n) is 2.23. The lowest BCUT2D eigenvalue weighted by molar-refractivity contribution is 0.0547. The predicted molar refractivity (Wildman–Crippen MR) is 35.6 cm³/mol. The van der Waals surface area contributed by atoms with E-state index in [2.05, 4.69) is 0 Å². The Hall–Kier alpha value is -1.57. The van der Waals surface area contributed by atoms with Crippen LogP contribution in [0.25, 0.3) is 0 Å². The maximum atomic E-state index is 9.34. The Morgan fingerprint density at radius 1 is 0.909 bits per heavy atom. The third kappa shape index (κ3) is 3.20. The van der Waals surface area contributed by atoms with Crippen molar-refractivity contribution in [3.63, 3.8) is 0 Å². The summed E-state index contributed by atoms with van der Waals surface area (Å²) in [7, 11) is 0. The Kier molecular flexibility index (Phi) is 3.67. The average molecular weight is 149 g/mol. The first-order chi connectivity index (χ1) is 5.18. The number of hydrogen-bond donors (Lipinski definition) is 1.